The molecule has 0 aromatic heterocycles. The third-order valence-corrected chi connectivity index (χ3v) is 4.59. The van der Waals surface area contributed by atoms with E-state index in [0.717, 1.165) is 11.8 Å². The molecule has 0 amide bonds. The van der Waals surface area contributed by atoms with E-state index in [1.165, 1.54) is 31.2 Å². The Bertz CT molecular complexity index is 395. The van der Waals surface area contributed by atoms with Crippen LogP contribution in [0.25, 0.3) is 0 Å². The van der Waals surface area contributed by atoms with Gasteiger partial charge >= 0.3 is 0 Å². The molecule has 2 atom stereocenters. The molecule has 0 bridgehead atoms. The van der Waals surface area contributed by atoms with E-state index >= 15 is 0 Å². The maximum atomic E-state index is 3.42. The summed E-state index contributed by atoms with van der Waals surface area (Å²) in [6.07, 6.45) is 5.12. The second kappa shape index (κ2) is 5.88. The highest BCUT2D eigenvalue weighted by molar-refractivity contribution is 5.35. The van der Waals surface area contributed by atoms with Crippen molar-refractivity contribution < 1.29 is 0 Å². The van der Waals surface area contributed by atoms with Gasteiger partial charge in [-0.1, -0.05) is 32.0 Å². The van der Waals surface area contributed by atoms with E-state index < -0.39 is 0 Å². The van der Waals surface area contributed by atoms with Crippen molar-refractivity contribution in [2.45, 2.75) is 52.5 Å². The van der Waals surface area contributed by atoms with Crippen LogP contribution in [-0.2, 0) is 19.3 Å². The summed E-state index contributed by atoms with van der Waals surface area (Å²) in [6.45, 7) is 6.98. The van der Waals surface area contributed by atoms with Gasteiger partial charge in [-0.3, -0.25) is 0 Å². The van der Waals surface area contributed by atoms with E-state index in [4.69, 9.17) is 0 Å². The Kier molecular flexibility index (Phi) is 4.45. The number of hydrogen-bond acceptors (Lipinski definition) is 1. The molecule has 0 saturated carbocycles. The molecule has 0 saturated heterocycles. The summed E-state index contributed by atoms with van der Waals surface area (Å²) in [5, 5.41) is 3.42. The summed E-state index contributed by atoms with van der Waals surface area (Å²) < 4.78 is 0. The molecular formula is C17H27N. The van der Waals surface area contributed by atoms with Gasteiger partial charge in [0.15, 0.2) is 0 Å². The summed E-state index contributed by atoms with van der Waals surface area (Å²) in [5.74, 6) is 1.44. The van der Waals surface area contributed by atoms with Gasteiger partial charge in [0.1, 0.15) is 0 Å². The molecule has 1 aliphatic carbocycles. The van der Waals surface area contributed by atoms with E-state index in [1.54, 1.807) is 11.1 Å². The molecule has 1 aromatic rings. The third kappa shape index (κ3) is 2.95. The van der Waals surface area contributed by atoms with E-state index in [2.05, 4.69) is 51.3 Å². The predicted octanol–water partition coefficient (Wildman–Crippen LogP) is 3.60. The summed E-state index contributed by atoms with van der Waals surface area (Å²) in [6, 6.07) is 7.75. The minimum atomic E-state index is 0.582. The van der Waals surface area contributed by atoms with E-state index in [1.807, 2.05) is 0 Å². The van der Waals surface area contributed by atoms with Gasteiger partial charge < -0.3 is 5.32 Å². The van der Waals surface area contributed by atoms with Crippen LogP contribution in [0, 0.1) is 11.8 Å². The van der Waals surface area contributed by atoms with Crippen molar-refractivity contribution in [3.63, 3.8) is 0 Å². The molecule has 1 heteroatoms. The SMILES string of the molecule is CNC(C)C(Cc1ccc2c(c1)CCC2)C(C)C. The molecule has 1 nitrogen and oxygen atoms in total. The predicted molar refractivity (Wildman–Crippen MR) is 79.0 cm³/mol. The van der Waals surface area contributed by atoms with Crippen LogP contribution in [0.15, 0.2) is 18.2 Å². The minimum Gasteiger partial charge on any atom is -0.317 e. The van der Waals surface area contributed by atoms with Gasteiger partial charge in [-0.25, -0.2) is 0 Å². The average Bonchev–Trinajstić information content (AvgIpc) is 2.82. The first-order valence-electron chi connectivity index (χ1n) is 7.39. The van der Waals surface area contributed by atoms with Crippen molar-refractivity contribution in [3.05, 3.63) is 34.9 Å². The quantitative estimate of drug-likeness (QED) is 0.836. The lowest BCUT2D eigenvalue weighted by Gasteiger charge is -2.27. The van der Waals surface area contributed by atoms with E-state index in [9.17, 15) is 0 Å². The van der Waals surface area contributed by atoms with Crippen LogP contribution in [-0.4, -0.2) is 13.1 Å². The largest absolute Gasteiger partial charge is 0.317 e. The maximum absolute atomic E-state index is 3.42. The Morgan fingerprint density at radius 2 is 1.83 bits per heavy atom. The summed E-state index contributed by atoms with van der Waals surface area (Å²) in [7, 11) is 2.07. The third-order valence-electron chi connectivity index (χ3n) is 4.59. The monoisotopic (exact) mass is 245 g/mol. The van der Waals surface area contributed by atoms with Gasteiger partial charge in [-0.2, -0.15) is 0 Å². The van der Waals surface area contributed by atoms with Crippen LogP contribution < -0.4 is 5.32 Å². The highest BCUT2D eigenvalue weighted by Crippen LogP contribution is 2.26. The highest BCUT2D eigenvalue weighted by atomic mass is 14.9. The second-order valence-electron chi connectivity index (χ2n) is 6.15. The van der Waals surface area contributed by atoms with Gasteiger partial charge in [0.25, 0.3) is 0 Å². The van der Waals surface area contributed by atoms with E-state index in [0.29, 0.717) is 6.04 Å². The molecule has 100 valence electrons. The fraction of sp³-hybridized carbons (Fsp3) is 0.647. The van der Waals surface area contributed by atoms with Crippen molar-refractivity contribution in [2.75, 3.05) is 7.05 Å². The molecule has 0 heterocycles. The zero-order chi connectivity index (χ0) is 13.1. The van der Waals surface area contributed by atoms with Gasteiger partial charge in [0.05, 0.1) is 0 Å². The lowest BCUT2D eigenvalue weighted by Crippen LogP contribution is -2.35. The number of hydrogen-bond donors (Lipinski definition) is 1. The van der Waals surface area contributed by atoms with Crippen molar-refractivity contribution in [1.29, 1.82) is 0 Å². The van der Waals surface area contributed by atoms with Crippen LogP contribution in [0.3, 0.4) is 0 Å². The lowest BCUT2D eigenvalue weighted by atomic mass is 9.83. The Morgan fingerprint density at radius 1 is 1.11 bits per heavy atom. The first-order chi connectivity index (χ1) is 8.61. The van der Waals surface area contributed by atoms with Crippen LogP contribution in [0.1, 0.15) is 43.9 Å². The molecular weight excluding hydrogens is 218 g/mol. The molecule has 1 aliphatic rings. The minimum absolute atomic E-state index is 0.582. The van der Waals surface area contributed by atoms with Gasteiger partial charge in [0.2, 0.25) is 0 Å². The maximum Gasteiger partial charge on any atom is 0.00696 e. The molecule has 2 rings (SSSR count). The molecule has 2 unspecified atom stereocenters. The van der Waals surface area contributed by atoms with Crippen LogP contribution in [0.5, 0.6) is 0 Å². The number of aryl methyl sites for hydroxylation is 2. The number of benzene rings is 1. The Balaban J connectivity index is 2.11. The van der Waals surface area contributed by atoms with Crippen molar-refractivity contribution in [3.8, 4) is 0 Å². The van der Waals surface area contributed by atoms with Gasteiger partial charge in [-0.15, -0.1) is 0 Å². The van der Waals surface area contributed by atoms with Crippen LogP contribution in [0.2, 0.25) is 0 Å². The number of nitrogens with one attached hydrogen (secondary N) is 1. The van der Waals surface area contributed by atoms with Gasteiger partial charge in [0, 0.05) is 6.04 Å². The summed E-state index contributed by atoms with van der Waals surface area (Å²) >= 11 is 0. The van der Waals surface area contributed by atoms with Crippen LogP contribution in [0.4, 0.5) is 0 Å². The normalized spacial score (nSPS) is 17.8. The molecule has 1 aromatic carbocycles. The summed E-state index contributed by atoms with van der Waals surface area (Å²) in [4.78, 5) is 0. The van der Waals surface area contributed by atoms with Crippen LogP contribution >= 0.6 is 0 Å². The molecule has 18 heavy (non-hydrogen) atoms. The molecule has 0 spiro atoms. The number of rotatable bonds is 5. The standard InChI is InChI=1S/C17H27N/c1-12(2)17(13(3)18-4)11-14-8-9-15-6-5-7-16(15)10-14/h8-10,12-13,17-18H,5-7,11H2,1-4H3. The van der Waals surface area contributed by atoms with Crippen molar-refractivity contribution in [2.24, 2.45) is 11.8 Å². The smallest absolute Gasteiger partial charge is 0.00696 e. The Hall–Kier alpha value is -0.820. The fourth-order valence-electron chi connectivity index (χ4n) is 3.23. The summed E-state index contributed by atoms with van der Waals surface area (Å²) in [5.41, 5.74) is 4.71. The fourth-order valence-corrected chi connectivity index (χ4v) is 3.23. The molecule has 1 N–H and O–H groups in total. The van der Waals surface area contributed by atoms with Crippen molar-refractivity contribution >= 4 is 0 Å². The zero-order valence-electron chi connectivity index (χ0n) is 12.3. The first kappa shape index (κ1) is 13.6. The Morgan fingerprint density at radius 3 is 2.50 bits per heavy atom. The topological polar surface area (TPSA) is 12.0 Å². The number of fused-ring (bicyclic) bond motifs is 1. The van der Waals surface area contributed by atoms with Crippen molar-refractivity contribution in [1.82, 2.24) is 5.32 Å². The molecule has 0 radical (unpaired) electrons. The second-order valence-corrected chi connectivity index (χ2v) is 6.15. The zero-order valence-corrected chi connectivity index (χ0v) is 12.3. The highest BCUT2D eigenvalue weighted by Gasteiger charge is 2.20. The lowest BCUT2D eigenvalue weighted by molar-refractivity contribution is 0.300. The first-order valence-corrected chi connectivity index (χ1v) is 7.39. The van der Waals surface area contributed by atoms with Gasteiger partial charge in [-0.05, 0) is 68.2 Å². The molecule has 0 fully saturated rings. The molecule has 0 aliphatic heterocycles. The Labute approximate surface area is 112 Å². The van der Waals surface area contributed by atoms with E-state index in [-0.39, 0.29) is 0 Å². The average molecular weight is 245 g/mol.